The van der Waals surface area contributed by atoms with E-state index in [-0.39, 0.29) is 23.6 Å². The maximum absolute atomic E-state index is 15.8. The van der Waals surface area contributed by atoms with Crippen LogP contribution in [0.1, 0.15) is 68.5 Å². The Morgan fingerprint density at radius 2 is 1.70 bits per heavy atom. The van der Waals surface area contributed by atoms with Crippen LogP contribution in [0.2, 0.25) is 5.28 Å². The molecular weight excluding hydrogens is 631 g/mol. The number of hydrogen-bond acceptors (Lipinski definition) is 12. The molecule has 0 N–H and O–H groups in total. The molecule has 0 aromatic carbocycles. The van der Waals surface area contributed by atoms with Crippen LogP contribution >= 0.6 is 11.6 Å². The predicted molar refractivity (Wildman–Crippen MR) is 161 cm³/mol. The van der Waals surface area contributed by atoms with Gasteiger partial charge in [0.1, 0.15) is 11.2 Å². The van der Waals surface area contributed by atoms with E-state index in [1.165, 1.54) is 24.7 Å². The third kappa shape index (κ3) is 7.88. The van der Waals surface area contributed by atoms with Gasteiger partial charge in [0.15, 0.2) is 35.2 Å². The zero-order valence-electron chi connectivity index (χ0n) is 27.1. The summed E-state index contributed by atoms with van der Waals surface area (Å²) in [5, 5.41) is -0.414. The van der Waals surface area contributed by atoms with Crippen LogP contribution in [0.15, 0.2) is 6.33 Å². The first-order valence-corrected chi connectivity index (χ1v) is 14.7. The van der Waals surface area contributed by atoms with Crippen molar-refractivity contribution < 1.29 is 47.3 Å². The summed E-state index contributed by atoms with van der Waals surface area (Å²) in [7, 11) is 0. The van der Waals surface area contributed by atoms with Crippen molar-refractivity contribution in [2.75, 3.05) is 24.7 Å². The number of esters is 1. The smallest absolute Gasteiger partial charge is 0.425 e. The first-order chi connectivity index (χ1) is 21.3. The van der Waals surface area contributed by atoms with Gasteiger partial charge in [0, 0.05) is 5.92 Å². The minimum Gasteiger partial charge on any atom is -0.463 e. The van der Waals surface area contributed by atoms with Gasteiger partial charge in [0.25, 0.3) is 12.1 Å². The number of fused-ring (bicyclic) bond motifs is 1. The fourth-order valence-corrected chi connectivity index (χ4v) is 4.60. The average Bonchev–Trinajstić information content (AvgIpc) is 3.44. The zero-order valence-corrected chi connectivity index (χ0v) is 27.9. The quantitative estimate of drug-likeness (QED) is 0.117. The average molecular weight is 669 g/mol. The Labute approximate surface area is 270 Å². The molecule has 1 unspecified atom stereocenters. The second kappa shape index (κ2) is 13.8. The Hall–Kier alpha value is -3.94. The number of amides is 2. The molecule has 2 amide bonds. The van der Waals surface area contributed by atoms with E-state index in [1.807, 2.05) is 0 Å². The molecule has 1 aliphatic rings. The van der Waals surface area contributed by atoms with Crippen LogP contribution in [0, 0.1) is 12.5 Å². The molecule has 1 aliphatic heterocycles. The number of rotatable bonds is 9. The van der Waals surface area contributed by atoms with Gasteiger partial charge in [0.05, 0.1) is 25.6 Å². The summed E-state index contributed by atoms with van der Waals surface area (Å²) in [5.74, 6) is -3.01. The Bertz CT molecular complexity index is 1500. The van der Waals surface area contributed by atoms with E-state index >= 15 is 4.39 Å². The fourth-order valence-electron chi connectivity index (χ4n) is 4.44. The molecule has 0 spiro atoms. The molecule has 5 atom stereocenters. The number of carbonyl (C=O) groups is 4. The number of ketones is 1. The monoisotopic (exact) mass is 668 g/mol. The largest absolute Gasteiger partial charge is 0.463 e. The highest BCUT2D eigenvalue weighted by Crippen LogP contribution is 2.39. The van der Waals surface area contributed by atoms with Crippen molar-refractivity contribution in [3.8, 4) is 0 Å². The zero-order chi connectivity index (χ0) is 34.8. The number of alkyl halides is 1. The molecule has 15 nitrogen and oxygen atoms in total. The number of imide groups is 1. The van der Waals surface area contributed by atoms with Crippen LogP contribution in [0.5, 0.6) is 0 Å². The SMILES string of the molecule is [C-]#[N+]CC(OC[C@H]1O[C@@H](n2cnc3c(N(C(=O)OC(C)(C)C)C(=O)OC(C)(C)C)nc(Cl)nc32)[C@@H](F)[C@@H]1C)(C(C)=O)C(=O)OCC. The van der Waals surface area contributed by atoms with Crippen LogP contribution in [-0.4, -0.2) is 92.3 Å². The number of ether oxygens (including phenoxy) is 5. The third-order valence-electron chi connectivity index (χ3n) is 6.66. The lowest BCUT2D eigenvalue weighted by Crippen LogP contribution is -2.53. The molecule has 252 valence electrons. The van der Waals surface area contributed by atoms with Gasteiger partial charge in [-0.3, -0.25) is 9.36 Å². The number of anilines is 1. The van der Waals surface area contributed by atoms with E-state index in [2.05, 4.69) is 19.8 Å². The lowest BCUT2D eigenvalue weighted by atomic mass is 9.98. The summed E-state index contributed by atoms with van der Waals surface area (Å²) in [6.07, 6.45) is -5.17. The number of halogens is 2. The van der Waals surface area contributed by atoms with E-state index < -0.39 is 83.6 Å². The van der Waals surface area contributed by atoms with Crippen LogP contribution in [0.3, 0.4) is 0 Å². The van der Waals surface area contributed by atoms with Gasteiger partial charge in [-0.15, -0.1) is 0 Å². The van der Waals surface area contributed by atoms with Crippen molar-refractivity contribution in [2.45, 2.75) is 97.6 Å². The molecule has 2 aromatic heterocycles. The van der Waals surface area contributed by atoms with E-state index in [9.17, 15) is 19.2 Å². The van der Waals surface area contributed by atoms with Gasteiger partial charge in [-0.05, 0) is 67.0 Å². The summed E-state index contributed by atoms with van der Waals surface area (Å²) < 4.78 is 44.6. The Morgan fingerprint density at radius 3 is 2.20 bits per heavy atom. The lowest BCUT2D eigenvalue weighted by molar-refractivity contribution is -0.179. The van der Waals surface area contributed by atoms with E-state index in [4.69, 9.17) is 41.9 Å². The summed E-state index contributed by atoms with van der Waals surface area (Å²) in [5.41, 5.74) is -4.46. The highest BCUT2D eigenvalue weighted by Gasteiger charge is 2.52. The van der Waals surface area contributed by atoms with Crippen molar-refractivity contribution >= 4 is 52.5 Å². The first-order valence-electron chi connectivity index (χ1n) is 14.4. The van der Waals surface area contributed by atoms with E-state index in [0.29, 0.717) is 4.90 Å². The number of hydrogen-bond donors (Lipinski definition) is 0. The highest BCUT2D eigenvalue weighted by atomic mass is 35.5. The summed E-state index contributed by atoms with van der Waals surface area (Å²) in [6.45, 7) is 19.9. The fraction of sp³-hybridized carbons (Fsp3) is 0.655. The standard InChI is InChI=1S/C29H38ClFN6O9/c1-11-42-23(39)29(13-32-10,16(3)38)43-12-17-15(2)18(31)22(44-17)36-14-33-19-20(36)34-24(30)35-21(19)37(25(40)45-27(4,5)6)26(41)46-28(7,8)9/h14-15,17-18,22H,11-13H2,1-9H3/t15-,17-,18+,22-,29?/m1/s1. The number of nitrogens with zero attached hydrogens (tertiary/aromatic N) is 6. The highest BCUT2D eigenvalue weighted by molar-refractivity contribution is 6.29. The van der Waals surface area contributed by atoms with Crippen molar-refractivity contribution in [3.63, 3.8) is 0 Å². The van der Waals surface area contributed by atoms with Gasteiger partial charge in [-0.2, -0.15) is 14.9 Å². The van der Waals surface area contributed by atoms with Gasteiger partial charge < -0.3 is 28.5 Å². The number of carbonyl (C=O) groups excluding carboxylic acids is 4. The Balaban J connectivity index is 2.02. The van der Waals surface area contributed by atoms with E-state index in [0.717, 1.165) is 6.92 Å². The number of aromatic nitrogens is 4. The maximum Gasteiger partial charge on any atom is 0.425 e. The normalized spacial score (nSPS) is 21.3. The van der Waals surface area contributed by atoms with Crippen LogP contribution in [0.4, 0.5) is 19.8 Å². The van der Waals surface area contributed by atoms with Gasteiger partial charge in [0.2, 0.25) is 5.28 Å². The second-order valence-electron chi connectivity index (χ2n) is 12.5. The molecule has 0 radical (unpaired) electrons. The Morgan fingerprint density at radius 1 is 1.11 bits per heavy atom. The molecule has 1 saturated heterocycles. The predicted octanol–water partition coefficient (Wildman–Crippen LogP) is 4.85. The molecule has 0 bridgehead atoms. The molecule has 46 heavy (non-hydrogen) atoms. The minimum absolute atomic E-state index is 0.0560. The van der Waals surface area contributed by atoms with E-state index in [1.54, 1.807) is 41.5 Å². The van der Waals surface area contributed by atoms with Crippen molar-refractivity contribution in [2.24, 2.45) is 5.92 Å². The number of imidazole rings is 1. The molecule has 3 rings (SSSR count). The van der Waals surface area contributed by atoms with Crippen LogP contribution < -0.4 is 4.90 Å². The van der Waals surface area contributed by atoms with Crippen molar-refractivity contribution in [3.05, 3.63) is 23.0 Å². The Kier molecular flexibility index (Phi) is 11.0. The van der Waals surface area contributed by atoms with Gasteiger partial charge in [-0.25, -0.2) is 30.3 Å². The molecular formula is C29H38ClFN6O9. The minimum atomic E-state index is -2.21. The van der Waals surface area contributed by atoms with Crippen molar-refractivity contribution in [1.29, 1.82) is 0 Å². The molecule has 1 fully saturated rings. The second-order valence-corrected chi connectivity index (χ2v) is 12.9. The lowest BCUT2D eigenvalue weighted by Gasteiger charge is -2.28. The molecule has 2 aromatic rings. The summed E-state index contributed by atoms with van der Waals surface area (Å²) in [4.78, 5) is 67.9. The topological polar surface area (TPSA) is 166 Å². The van der Waals surface area contributed by atoms with Gasteiger partial charge in [-0.1, -0.05) is 6.92 Å². The third-order valence-corrected chi connectivity index (χ3v) is 6.83. The van der Waals surface area contributed by atoms with Crippen LogP contribution in [-0.2, 0) is 33.3 Å². The molecule has 0 saturated carbocycles. The van der Waals surface area contributed by atoms with Crippen molar-refractivity contribution in [1.82, 2.24) is 19.5 Å². The maximum atomic E-state index is 15.8. The molecule has 17 heteroatoms. The number of Topliss-reactive ketones (excluding diaryl/α,β-unsaturated/α-hetero) is 1. The summed E-state index contributed by atoms with van der Waals surface area (Å²) >= 11 is 6.24. The molecule has 3 heterocycles. The molecule has 0 aliphatic carbocycles. The first kappa shape index (κ1) is 36.5. The summed E-state index contributed by atoms with van der Waals surface area (Å²) in [6, 6.07) is 0. The van der Waals surface area contributed by atoms with Gasteiger partial charge >= 0.3 is 18.2 Å². The van der Waals surface area contributed by atoms with Crippen LogP contribution in [0.25, 0.3) is 16.0 Å².